The summed E-state index contributed by atoms with van der Waals surface area (Å²) in [5, 5.41) is 1.23. The lowest BCUT2D eigenvalue weighted by Gasteiger charge is -2.13. The van der Waals surface area contributed by atoms with Gasteiger partial charge in [-0.05, 0) is 45.2 Å². The molecule has 0 N–H and O–H groups in total. The summed E-state index contributed by atoms with van der Waals surface area (Å²) in [5.74, 6) is 0. The Kier molecular flexibility index (Phi) is 3.19. The smallest absolute Gasteiger partial charge is 0.126 e. The molecule has 0 spiro atoms. The zero-order valence-electron chi connectivity index (χ0n) is 6.61. The molecule has 0 fully saturated rings. The van der Waals surface area contributed by atoms with E-state index in [0.29, 0.717) is 0 Å². The summed E-state index contributed by atoms with van der Waals surface area (Å²) in [7, 11) is 0. The van der Waals surface area contributed by atoms with Crippen molar-refractivity contribution < 1.29 is 0 Å². The molecule has 0 aliphatic rings. The van der Waals surface area contributed by atoms with E-state index in [1.807, 2.05) is 0 Å². The highest BCUT2D eigenvalue weighted by atomic mass is 127. The van der Waals surface area contributed by atoms with E-state index in [-0.39, 0.29) is 5.41 Å². The van der Waals surface area contributed by atoms with Crippen molar-refractivity contribution >= 4 is 56.5 Å². The molecular formula is C7H9I2NS. The van der Waals surface area contributed by atoms with Gasteiger partial charge in [-0.15, -0.1) is 11.3 Å². The van der Waals surface area contributed by atoms with Gasteiger partial charge >= 0.3 is 0 Å². The molecule has 0 saturated heterocycles. The van der Waals surface area contributed by atoms with Crippen LogP contribution in [0.15, 0.2) is 0 Å². The molecule has 0 unspecified atom stereocenters. The Morgan fingerprint density at radius 1 is 1.27 bits per heavy atom. The fraction of sp³-hybridized carbons (Fsp3) is 0.571. The summed E-state index contributed by atoms with van der Waals surface area (Å²) >= 11 is 6.40. The predicted octanol–water partition coefficient (Wildman–Crippen LogP) is 3.65. The Bertz CT molecular complexity index is 242. The van der Waals surface area contributed by atoms with Crippen LogP contribution in [0.4, 0.5) is 0 Å². The van der Waals surface area contributed by atoms with Crippen molar-refractivity contribution in [1.29, 1.82) is 0 Å². The quantitative estimate of drug-likeness (QED) is 0.614. The maximum atomic E-state index is 4.48. The van der Waals surface area contributed by atoms with Gasteiger partial charge in [0.1, 0.15) is 8.71 Å². The lowest BCUT2D eigenvalue weighted by atomic mass is 9.98. The van der Waals surface area contributed by atoms with Gasteiger partial charge in [-0.25, -0.2) is 4.98 Å². The number of hydrogen-bond acceptors (Lipinski definition) is 2. The molecule has 11 heavy (non-hydrogen) atoms. The molecule has 1 aromatic heterocycles. The van der Waals surface area contributed by atoms with Crippen molar-refractivity contribution in [2.45, 2.75) is 26.2 Å². The number of aromatic nitrogens is 1. The molecule has 0 aromatic carbocycles. The first-order valence-electron chi connectivity index (χ1n) is 3.23. The van der Waals surface area contributed by atoms with Crippen LogP contribution in [-0.4, -0.2) is 4.98 Å². The molecule has 0 atom stereocenters. The maximum absolute atomic E-state index is 4.48. The number of nitrogens with zero attached hydrogens (tertiary/aromatic N) is 1. The van der Waals surface area contributed by atoms with Gasteiger partial charge < -0.3 is 0 Å². The average molecular weight is 393 g/mol. The minimum Gasteiger partial charge on any atom is -0.234 e. The lowest BCUT2D eigenvalue weighted by molar-refractivity contribution is 0.584. The van der Waals surface area contributed by atoms with Gasteiger partial charge in [0.05, 0.1) is 2.88 Å². The Hall–Kier alpha value is 1.09. The van der Waals surface area contributed by atoms with Crippen molar-refractivity contribution in [3.63, 3.8) is 0 Å². The molecular weight excluding hydrogens is 384 g/mol. The standard InChI is InChI=1S/C7H9I2NS/c1-7(2,3)6-10-4(8)5(9)11-6/h1-3H3. The van der Waals surface area contributed by atoms with E-state index < -0.39 is 0 Å². The van der Waals surface area contributed by atoms with Crippen LogP contribution >= 0.6 is 56.5 Å². The van der Waals surface area contributed by atoms with E-state index in [0.717, 1.165) is 3.70 Å². The fourth-order valence-electron chi connectivity index (χ4n) is 0.604. The first-order valence-corrected chi connectivity index (χ1v) is 6.21. The number of halogens is 2. The van der Waals surface area contributed by atoms with Crippen LogP contribution in [0.5, 0.6) is 0 Å². The van der Waals surface area contributed by atoms with Crippen molar-refractivity contribution in [2.75, 3.05) is 0 Å². The molecule has 62 valence electrons. The van der Waals surface area contributed by atoms with E-state index in [2.05, 4.69) is 70.9 Å². The summed E-state index contributed by atoms with van der Waals surface area (Å²) in [6.07, 6.45) is 0. The minimum absolute atomic E-state index is 0.202. The third-order valence-electron chi connectivity index (χ3n) is 1.19. The molecule has 1 heterocycles. The number of hydrogen-bond donors (Lipinski definition) is 0. The topological polar surface area (TPSA) is 12.9 Å². The van der Waals surface area contributed by atoms with Crippen LogP contribution in [0.25, 0.3) is 0 Å². The molecule has 4 heteroatoms. The van der Waals surface area contributed by atoms with Gasteiger partial charge in [0.15, 0.2) is 0 Å². The third-order valence-corrected chi connectivity index (χ3v) is 5.81. The van der Waals surface area contributed by atoms with Crippen molar-refractivity contribution in [1.82, 2.24) is 4.98 Å². The van der Waals surface area contributed by atoms with E-state index in [1.165, 1.54) is 7.89 Å². The second-order valence-electron chi connectivity index (χ2n) is 3.33. The summed E-state index contributed by atoms with van der Waals surface area (Å²) in [6.45, 7) is 6.58. The van der Waals surface area contributed by atoms with Gasteiger partial charge in [-0.3, -0.25) is 0 Å². The second-order valence-corrected chi connectivity index (χ2v) is 7.17. The Labute approximate surface area is 98.3 Å². The van der Waals surface area contributed by atoms with Crippen molar-refractivity contribution in [3.05, 3.63) is 11.6 Å². The summed E-state index contributed by atoms with van der Waals surface area (Å²) in [6, 6.07) is 0. The van der Waals surface area contributed by atoms with E-state index in [4.69, 9.17) is 0 Å². The van der Waals surface area contributed by atoms with Crippen LogP contribution in [0.2, 0.25) is 0 Å². The molecule has 1 aromatic rings. The first kappa shape index (κ1) is 10.2. The molecule has 0 aliphatic heterocycles. The maximum Gasteiger partial charge on any atom is 0.126 e. The number of rotatable bonds is 0. The largest absolute Gasteiger partial charge is 0.234 e. The SMILES string of the molecule is CC(C)(C)c1nc(I)c(I)s1. The van der Waals surface area contributed by atoms with Crippen molar-refractivity contribution in [3.8, 4) is 0 Å². The molecule has 0 radical (unpaired) electrons. The number of thiazole rings is 1. The van der Waals surface area contributed by atoms with Gasteiger partial charge in [0.25, 0.3) is 0 Å². The van der Waals surface area contributed by atoms with Gasteiger partial charge in [-0.1, -0.05) is 20.8 Å². The molecule has 0 saturated carbocycles. The normalized spacial score (nSPS) is 12.1. The Morgan fingerprint density at radius 2 is 1.82 bits per heavy atom. The predicted molar refractivity (Wildman–Crippen MR) is 66.2 cm³/mol. The van der Waals surface area contributed by atoms with Gasteiger partial charge in [0, 0.05) is 5.41 Å². The van der Waals surface area contributed by atoms with Crippen LogP contribution in [0.3, 0.4) is 0 Å². The average Bonchev–Trinajstić information content (AvgIpc) is 2.11. The van der Waals surface area contributed by atoms with Crippen LogP contribution in [-0.2, 0) is 5.41 Å². The molecule has 0 bridgehead atoms. The lowest BCUT2D eigenvalue weighted by Crippen LogP contribution is -2.10. The molecule has 0 aliphatic carbocycles. The zero-order valence-corrected chi connectivity index (χ0v) is 11.7. The van der Waals surface area contributed by atoms with E-state index >= 15 is 0 Å². The third kappa shape index (κ3) is 2.51. The summed E-state index contributed by atoms with van der Waals surface area (Å²) in [4.78, 5) is 4.48. The minimum atomic E-state index is 0.202. The second kappa shape index (κ2) is 3.45. The molecule has 1 rings (SSSR count). The fourth-order valence-corrected chi connectivity index (χ4v) is 2.83. The van der Waals surface area contributed by atoms with Crippen LogP contribution in [0, 0.1) is 6.58 Å². The highest BCUT2D eigenvalue weighted by molar-refractivity contribution is 14.1. The first-order chi connectivity index (χ1) is 4.91. The van der Waals surface area contributed by atoms with E-state index in [1.54, 1.807) is 11.3 Å². The highest BCUT2D eigenvalue weighted by Crippen LogP contribution is 2.30. The zero-order chi connectivity index (χ0) is 8.65. The highest BCUT2D eigenvalue weighted by Gasteiger charge is 2.19. The van der Waals surface area contributed by atoms with Crippen LogP contribution in [0.1, 0.15) is 25.8 Å². The Morgan fingerprint density at radius 3 is 2.00 bits per heavy atom. The summed E-state index contributed by atoms with van der Waals surface area (Å²) in [5.41, 5.74) is 0.202. The molecule has 1 nitrogen and oxygen atoms in total. The van der Waals surface area contributed by atoms with E-state index in [9.17, 15) is 0 Å². The summed E-state index contributed by atoms with van der Waals surface area (Å²) < 4.78 is 2.44. The van der Waals surface area contributed by atoms with Crippen molar-refractivity contribution in [2.24, 2.45) is 0 Å². The van der Waals surface area contributed by atoms with Crippen LogP contribution < -0.4 is 0 Å². The van der Waals surface area contributed by atoms with Gasteiger partial charge in [0.2, 0.25) is 0 Å². The Balaban J connectivity index is 3.08. The van der Waals surface area contributed by atoms with Gasteiger partial charge in [-0.2, -0.15) is 0 Å². The molecule has 0 amide bonds. The monoisotopic (exact) mass is 393 g/mol.